The van der Waals surface area contributed by atoms with Gasteiger partial charge in [0.15, 0.2) is 11.6 Å². The molecule has 0 bridgehead atoms. The van der Waals surface area contributed by atoms with Gasteiger partial charge in [-0.3, -0.25) is 0 Å². The van der Waals surface area contributed by atoms with Crippen molar-refractivity contribution in [3.63, 3.8) is 0 Å². The third kappa shape index (κ3) is 3.77. The smallest absolute Gasteiger partial charge is 0.341 e. The van der Waals surface area contributed by atoms with E-state index >= 15 is 0 Å². The third-order valence-electron chi connectivity index (χ3n) is 3.06. The first-order valence-electron chi connectivity index (χ1n) is 6.98. The van der Waals surface area contributed by atoms with E-state index in [9.17, 15) is 13.6 Å². The molecule has 0 N–H and O–H groups in total. The summed E-state index contributed by atoms with van der Waals surface area (Å²) in [5.41, 5.74) is 0.247. The number of halogens is 2. The fourth-order valence-corrected chi connectivity index (χ4v) is 1.99. The third-order valence-corrected chi connectivity index (χ3v) is 3.06. The highest BCUT2D eigenvalue weighted by Crippen LogP contribution is 2.36. The zero-order chi connectivity index (χ0) is 16.8. The van der Waals surface area contributed by atoms with Crippen molar-refractivity contribution in [2.24, 2.45) is 0 Å². The zero-order valence-electron chi connectivity index (χ0n) is 12.8. The number of ether oxygens (including phenoxy) is 3. The molecule has 4 nitrogen and oxygen atoms in total. The second kappa shape index (κ2) is 7.58. The molecule has 0 heterocycles. The molecule has 0 saturated carbocycles. The Hall–Kier alpha value is -2.63. The van der Waals surface area contributed by atoms with Gasteiger partial charge >= 0.3 is 5.97 Å². The Kier molecular flexibility index (Phi) is 5.51. The Morgan fingerprint density at radius 2 is 1.83 bits per heavy atom. The number of carbonyl (C=O) groups is 1. The highest BCUT2D eigenvalue weighted by Gasteiger charge is 2.25. The summed E-state index contributed by atoms with van der Waals surface area (Å²) < 4.78 is 43.4. The van der Waals surface area contributed by atoms with Crippen molar-refractivity contribution in [1.82, 2.24) is 0 Å². The molecule has 0 amide bonds. The van der Waals surface area contributed by atoms with Gasteiger partial charge in [-0.1, -0.05) is 30.3 Å². The van der Waals surface area contributed by atoms with Crippen molar-refractivity contribution >= 4 is 5.97 Å². The van der Waals surface area contributed by atoms with Crippen LogP contribution >= 0.6 is 0 Å². The fourth-order valence-electron chi connectivity index (χ4n) is 1.99. The van der Waals surface area contributed by atoms with Crippen molar-refractivity contribution < 1.29 is 27.8 Å². The molecular formula is C17H16F2O4. The van der Waals surface area contributed by atoms with Crippen molar-refractivity contribution in [2.45, 2.75) is 13.5 Å². The second-order valence-electron chi connectivity index (χ2n) is 4.58. The van der Waals surface area contributed by atoms with Crippen LogP contribution in [-0.2, 0) is 11.3 Å². The van der Waals surface area contributed by atoms with E-state index < -0.39 is 28.9 Å². The number of hydrogen-bond acceptors (Lipinski definition) is 4. The molecular weight excluding hydrogens is 306 g/mol. The Bertz CT molecular complexity index is 687. The largest absolute Gasteiger partial charge is 0.490 e. The first kappa shape index (κ1) is 16.7. The molecule has 122 valence electrons. The van der Waals surface area contributed by atoms with Gasteiger partial charge in [0.25, 0.3) is 0 Å². The lowest BCUT2D eigenvalue weighted by atomic mass is 10.1. The SMILES string of the molecule is CCOC(=O)c1cc(F)c(OCc2ccccc2)c(OC)c1F. The van der Waals surface area contributed by atoms with E-state index in [1.54, 1.807) is 31.2 Å². The predicted octanol–water partition coefficient (Wildman–Crippen LogP) is 3.73. The standard InChI is InChI=1S/C17H16F2O4/c1-3-22-17(20)12-9-13(18)15(16(21-2)14(12)19)23-10-11-7-5-4-6-8-11/h4-9H,3,10H2,1-2H3. The minimum Gasteiger partial charge on any atom is -0.490 e. The Balaban J connectivity index is 2.32. The molecule has 0 aliphatic heterocycles. The van der Waals surface area contributed by atoms with E-state index in [-0.39, 0.29) is 19.0 Å². The first-order valence-corrected chi connectivity index (χ1v) is 6.98. The number of esters is 1. The molecule has 0 fully saturated rings. The van der Waals surface area contributed by atoms with Gasteiger partial charge in [-0.2, -0.15) is 0 Å². The summed E-state index contributed by atoms with van der Waals surface area (Å²) in [5.74, 6) is -3.74. The van der Waals surface area contributed by atoms with Crippen LogP contribution in [0.3, 0.4) is 0 Å². The average Bonchev–Trinajstić information content (AvgIpc) is 2.56. The molecule has 0 aliphatic carbocycles. The summed E-state index contributed by atoms with van der Waals surface area (Å²) >= 11 is 0. The van der Waals surface area contributed by atoms with E-state index in [0.29, 0.717) is 0 Å². The predicted molar refractivity (Wildman–Crippen MR) is 79.6 cm³/mol. The summed E-state index contributed by atoms with van der Waals surface area (Å²) in [6.45, 7) is 1.65. The number of hydrogen-bond donors (Lipinski definition) is 0. The molecule has 0 atom stereocenters. The quantitative estimate of drug-likeness (QED) is 0.760. The number of rotatable bonds is 6. The van der Waals surface area contributed by atoms with Crippen LogP contribution in [0.5, 0.6) is 11.5 Å². The lowest BCUT2D eigenvalue weighted by Gasteiger charge is -2.14. The highest BCUT2D eigenvalue weighted by atomic mass is 19.1. The lowest BCUT2D eigenvalue weighted by Crippen LogP contribution is -2.11. The van der Waals surface area contributed by atoms with E-state index in [1.807, 2.05) is 6.07 Å². The number of carbonyl (C=O) groups excluding carboxylic acids is 1. The molecule has 0 aliphatic rings. The maximum absolute atomic E-state index is 14.3. The molecule has 0 spiro atoms. The maximum Gasteiger partial charge on any atom is 0.341 e. The minimum atomic E-state index is -1.02. The maximum atomic E-state index is 14.3. The zero-order valence-corrected chi connectivity index (χ0v) is 12.8. The van der Waals surface area contributed by atoms with Crippen molar-refractivity contribution in [1.29, 1.82) is 0 Å². The van der Waals surface area contributed by atoms with E-state index in [2.05, 4.69) is 0 Å². The average molecular weight is 322 g/mol. The summed E-state index contributed by atoms with van der Waals surface area (Å²) in [4.78, 5) is 11.7. The fraction of sp³-hybridized carbons (Fsp3) is 0.235. The van der Waals surface area contributed by atoms with Crippen LogP contribution in [0.15, 0.2) is 36.4 Å². The van der Waals surface area contributed by atoms with Gasteiger partial charge in [0, 0.05) is 0 Å². The molecule has 23 heavy (non-hydrogen) atoms. The van der Waals surface area contributed by atoms with Gasteiger partial charge in [-0.15, -0.1) is 0 Å². The van der Waals surface area contributed by atoms with Crippen LogP contribution in [0, 0.1) is 11.6 Å². The van der Waals surface area contributed by atoms with Crippen LogP contribution < -0.4 is 9.47 Å². The van der Waals surface area contributed by atoms with Gasteiger partial charge in [-0.05, 0) is 18.6 Å². The first-order chi connectivity index (χ1) is 11.1. The summed E-state index contributed by atoms with van der Waals surface area (Å²) in [6.07, 6.45) is 0. The molecule has 0 aromatic heterocycles. The Morgan fingerprint density at radius 1 is 1.13 bits per heavy atom. The van der Waals surface area contributed by atoms with E-state index in [4.69, 9.17) is 14.2 Å². The molecule has 2 aromatic carbocycles. The van der Waals surface area contributed by atoms with Crippen LogP contribution in [0.1, 0.15) is 22.8 Å². The second-order valence-corrected chi connectivity index (χ2v) is 4.58. The topological polar surface area (TPSA) is 44.8 Å². The van der Waals surface area contributed by atoms with Gasteiger partial charge < -0.3 is 14.2 Å². The van der Waals surface area contributed by atoms with Crippen molar-refractivity contribution in [3.8, 4) is 11.5 Å². The molecule has 2 rings (SSSR count). The lowest BCUT2D eigenvalue weighted by molar-refractivity contribution is 0.0519. The molecule has 0 radical (unpaired) electrons. The van der Waals surface area contributed by atoms with Crippen LogP contribution in [0.25, 0.3) is 0 Å². The summed E-state index contributed by atoms with van der Waals surface area (Å²) in [7, 11) is 1.17. The van der Waals surface area contributed by atoms with Gasteiger partial charge in [0.05, 0.1) is 13.7 Å². The Morgan fingerprint density at radius 3 is 2.43 bits per heavy atom. The van der Waals surface area contributed by atoms with Gasteiger partial charge in [-0.25, -0.2) is 13.6 Å². The molecule has 6 heteroatoms. The monoisotopic (exact) mass is 322 g/mol. The van der Waals surface area contributed by atoms with Crippen LogP contribution in [0.4, 0.5) is 8.78 Å². The molecule has 2 aromatic rings. The van der Waals surface area contributed by atoms with Gasteiger partial charge in [0.2, 0.25) is 11.5 Å². The minimum absolute atomic E-state index is 0.0340. The normalized spacial score (nSPS) is 10.3. The van der Waals surface area contributed by atoms with Crippen molar-refractivity contribution in [3.05, 3.63) is 59.2 Å². The van der Waals surface area contributed by atoms with Crippen LogP contribution in [-0.4, -0.2) is 19.7 Å². The summed E-state index contributed by atoms with van der Waals surface area (Å²) in [5, 5.41) is 0. The molecule has 0 saturated heterocycles. The number of benzene rings is 2. The summed E-state index contributed by atoms with van der Waals surface area (Å²) in [6, 6.07) is 9.75. The van der Waals surface area contributed by atoms with Crippen molar-refractivity contribution in [2.75, 3.05) is 13.7 Å². The van der Waals surface area contributed by atoms with E-state index in [0.717, 1.165) is 11.6 Å². The number of methoxy groups -OCH3 is 1. The van der Waals surface area contributed by atoms with Gasteiger partial charge in [0.1, 0.15) is 12.2 Å². The Labute approximate surface area is 132 Å². The molecule has 0 unspecified atom stereocenters. The van der Waals surface area contributed by atoms with E-state index in [1.165, 1.54) is 7.11 Å². The van der Waals surface area contributed by atoms with Crippen LogP contribution in [0.2, 0.25) is 0 Å². The highest BCUT2D eigenvalue weighted by molar-refractivity contribution is 5.90.